The van der Waals surface area contributed by atoms with E-state index in [0.29, 0.717) is 12.0 Å². The Kier molecular flexibility index (Phi) is 11.1. The van der Waals surface area contributed by atoms with Crippen LogP contribution in [0.3, 0.4) is 0 Å². The Labute approximate surface area is 265 Å². The SMILES string of the molecule is C=C(N)c1c(C)cc(N2CCN(C)CC2)cc1F.CCc1ccc(OC)c(-c2cccc3c(CCC(=O)O)cccc23)c1OC. The van der Waals surface area contributed by atoms with Gasteiger partial charge in [-0.2, -0.15) is 0 Å². The smallest absolute Gasteiger partial charge is 0.303 e. The van der Waals surface area contributed by atoms with Crippen molar-refractivity contribution < 1.29 is 23.8 Å². The minimum Gasteiger partial charge on any atom is -0.496 e. The summed E-state index contributed by atoms with van der Waals surface area (Å²) < 4.78 is 25.4. The summed E-state index contributed by atoms with van der Waals surface area (Å²) in [5, 5.41) is 11.2. The molecule has 4 aromatic rings. The van der Waals surface area contributed by atoms with Crippen LogP contribution >= 0.6 is 0 Å². The molecule has 4 aromatic carbocycles. The fourth-order valence-corrected chi connectivity index (χ4v) is 5.98. The maximum absolute atomic E-state index is 14.0. The predicted octanol–water partition coefficient (Wildman–Crippen LogP) is 6.92. The first-order valence-electron chi connectivity index (χ1n) is 15.2. The van der Waals surface area contributed by atoms with Gasteiger partial charge in [0.05, 0.1) is 19.8 Å². The van der Waals surface area contributed by atoms with E-state index in [1.54, 1.807) is 20.3 Å². The molecule has 8 heteroatoms. The number of fused-ring (bicyclic) bond motifs is 1. The van der Waals surface area contributed by atoms with E-state index in [9.17, 15) is 9.18 Å². The second-order valence-electron chi connectivity index (χ2n) is 11.3. The third kappa shape index (κ3) is 7.57. The van der Waals surface area contributed by atoms with Crippen molar-refractivity contribution in [3.63, 3.8) is 0 Å². The van der Waals surface area contributed by atoms with Crippen LogP contribution in [0.4, 0.5) is 10.1 Å². The van der Waals surface area contributed by atoms with Crippen LogP contribution in [0.5, 0.6) is 11.5 Å². The molecule has 0 saturated carbocycles. The number of nitrogens with two attached hydrogens (primary N) is 1. The molecule has 0 radical (unpaired) electrons. The first kappa shape index (κ1) is 33.3. The van der Waals surface area contributed by atoms with Crippen LogP contribution in [-0.4, -0.2) is 63.4 Å². The molecule has 1 aliphatic heterocycles. The number of piperazine rings is 1. The molecule has 0 spiro atoms. The van der Waals surface area contributed by atoms with Gasteiger partial charge in [-0.15, -0.1) is 0 Å². The number of aryl methyl sites for hydroxylation is 3. The van der Waals surface area contributed by atoms with Crippen molar-refractivity contribution >= 4 is 28.1 Å². The van der Waals surface area contributed by atoms with Gasteiger partial charge in [0, 0.05) is 49.5 Å². The quantitative estimate of drug-likeness (QED) is 0.212. The van der Waals surface area contributed by atoms with Crippen molar-refractivity contribution in [2.24, 2.45) is 5.73 Å². The topological polar surface area (TPSA) is 88.3 Å². The minimum atomic E-state index is -0.790. The van der Waals surface area contributed by atoms with Gasteiger partial charge in [-0.1, -0.05) is 56.0 Å². The summed E-state index contributed by atoms with van der Waals surface area (Å²) in [4.78, 5) is 15.5. The maximum Gasteiger partial charge on any atom is 0.303 e. The van der Waals surface area contributed by atoms with Crippen molar-refractivity contribution in [3.05, 3.63) is 95.3 Å². The summed E-state index contributed by atoms with van der Waals surface area (Å²) in [6.45, 7) is 11.5. The van der Waals surface area contributed by atoms with E-state index in [-0.39, 0.29) is 17.9 Å². The number of carboxylic acid groups (broad SMARTS) is 1. The van der Waals surface area contributed by atoms with Gasteiger partial charge < -0.3 is 30.1 Å². The Bertz CT molecular complexity index is 1660. The van der Waals surface area contributed by atoms with Gasteiger partial charge in [0.1, 0.15) is 17.3 Å². The molecule has 0 bridgehead atoms. The van der Waals surface area contributed by atoms with E-state index in [1.807, 2.05) is 49.4 Å². The number of halogens is 1. The van der Waals surface area contributed by atoms with Crippen molar-refractivity contribution in [2.75, 3.05) is 52.3 Å². The summed E-state index contributed by atoms with van der Waals surface area (Å²) in [6, 6.07) is 19.7. The van der Waals surface area contributed by atoms with Gasteiger partial charge >= 0.3 is 5.97 Å². The Balaban J connectivity index is 0.000000222. The lowest BCUT2D eigenvalue weighted by molar-refractivity contribution is -0.136. The third-order valence-corrected chi connectivity index (χ3v) is 8.36. The zero-order valence-electron chi connectivity index (χ0n) is 27.0. The molecule has 0 aliphatic carbocycles. The molecule has 5 rings (SSSR count). The number of likely N-dealkylation sites (N-methyl/N-ethyl adjacent to an activating group) is 1. The number of carboxylic acids is 1. The Morgan fingerprint density at radius 3 is 2.27 bits per heavy atom. The molecule has 0 aromatic heterocycles. The number of nitrogens with zero attached hydrogens (tertiary/aromatic N) is 2. The number of rotatable bonds is 9. The molecule has 0 amide bonds. The largest absolute Gasteiger partial charge is 0.496 e. The van der Waals surface area contributed by atoms with Gasteiger partial charge in [0.15, 0.2) is 0 Å². The molecule has 0 unspecified atom stereocenters. The molecule has 1 aliphatic rings. The lowest BCUT2D eigenvalue weighted by Crippen LogP contribution is -2.44. The first-order chi connectivity index (χ1) is 21.6. The number of hydrogen-bond acceptors (Lipinski definition) is 6. The van der Waals surface area contributed by atoms with E-state index in [4.69, 9.17) is 20.3 Å². The highest BCUT2D eigenvalue weighted by Gasteiger charge is 2.19. The number of methoxy groups -OCH3 is 2. The number of hydrogen-bond donors (Lipinski definition) is 2. The van der Waals surface area contributed by atoms with Crippen molar-refractivity contribution in [2.45, 2.75) is 33.1 Å². The van der Waals surface area contributed by atoms with Crippen LogP contribution in [0.15, 0.2) is 67.2 Å². The Morgan fingerprint density at radius 1 is 0.978 bits per heavy atom. The second kappa shape index (κ2) is 14.9. The van der Waals surface area contributed by atoms with Crippen molar-refractivity contribution in [3.8, 4) is 22.6 Å². The molecule has 238 valence electrons. The Morgan fingerprint density at radius 2 is 1.67 bits per heavy atom. The number of carbonyl (C=O) groups is 1. The second-order valence-corrected chi connectivity index (χ2v) is 11.3. The van der Waals surface area contributed by atoms with Gasteiger partial charge in [0.2, 0.25) is 0 Å². The first-order valence-corrected chi connectivity index (χ1v) is 15.2. The lowest BCUT2D eigenvalue weighted by atomic mass is 9.92. The fourth-order valence-electron chi connectivity index (χ4n) is 5.98. The van der Waals surface area contributed by atoms with Gasteiger partial charge in [-0.25, -0.2) is 4.39 Å². The lowest BCUT2D eigenvalue weighted by Gasteiger charge is -2.34. The molecular weight excluding hydrogens is 569 g/mol. The summed E-state index contributed by atoms with van der Waals surface area (Å²) in [6.07, 6.45) is 1.47. The van der Waals surface area contributed by atoms with Crippen molar-refractivity contribution in [1.82, 2.24) is 4.90 Å². The molecule has 3 N–H and O–H groups in total. The van der Waals surface area contributed by atoms with Crippen LogP contribution in [0, 0.1) is 12.7 Å². The van der Waals surface area contributed by atoms with E-state index in [1.165, 1.54) is 0 Å². The molecule has 1 heterocycles. The number of anilines is 1. The molecule has 1 fully saturated rings. The average molecular weight is 614 g/mol. The number of benzene rings is 4. The molecule has 7 nitrogen and oxygen atoms in total. The van der Waals surface area contributed by atoms with Crippen LogP contribution in [0.25, 0.3) is 27.6 Å². The van der Waals surface area contributed by atoms with Gasteiger partial charge in [-0.3, -0.25) is 4.79 Å². The third-order valence-electron chi connectivity index (χ3n) is 8.36. The van der Waals surface area contributed by atoms with Gasteiger partial charge in [-0.05, 0) is 78.0 Å². The van der Waals surface area contributed by atoms with E-state index in [0.717, 1.165) is 88.4 Å². The summed E-state index contributed by atoms with van der Waals surface area (Å²) >= 11 is 0. The van der Waals surface area contributed by atoms with Gasteiger partial charge in [0.25, 0.3) is 0 Å². The normalized spacial score (nSPS) is 13.2. The molecule has 45 heavy (non-hydrogen) atoms. The minimum absolute atomic E-state index is 0.112. The zero-order valence-corrected chi connectivity index (χ0v) is 27.0. The number of aliphatic carboxylic acids is 1. The van der Waals surface area contributed by atoms with Crippen LogP contribution in [0.1, 0.15) is 35.6 Å². The highest BCUT2D eigenvalue weighted by atomic mass is 19.1. The summed E-state index contributed by atoms with van der Waals surface area (Å²) in [5.74, 6) is 0.506. The summed E-state index contributed by atoms with van der Waals surface area (Å²) in [5.41, 5.74) is 12.2. The highest BCUT2D eigenvalue weighted by molar-refractivity contribution is 6.01. The van der Waals surface area contributed by atoms with E-state index < -0.39 is 5.97 Å². The number of ether oxygens (including phenoxy) is 2. The average Bonchev–Trinajstić information content (AvgIpc) is 3.02. The van der Waals surface area contributed by atoms with Crippen LogP contribution < -0.4 is 20.1 Å². The van der Waals surface area contributed by atoms with E-state index in [2.05, 4.69) is 42.5 Å². The standard InChI is InChI=1S/C23H24O4.C14H20FN3/c1-4-15-11-13-20(26-2)22(23(15)27-3)19-10-6-8-17-16(12-14-21(24)25)7-5-9-18(17)19;1-10-8-12(9-13(15)14(10)11(2)16)18-6-4-17(3)5-7-18/h5-11,13H,4,12,14H2,1-3H3,(H,24,25);8-9H,2,4-7,16H2,1,3H3. The molecule has 0 atom stereocenters. The molecule has 1 saturated heterocycles. The zero-order chi connectivity index (χ0) is 32.7. The van der Waals surface area contributed by atoms with Crippen LogP contribution in [-0.2, 0) is 17.6 Å². The Hall–Kier alpha value is -4.56. The summed E-state index contributed by atoms with van der Waals surface area (Å²) in [7, 11) is 5.44. The van der Waals surface area contributed by atoms with Crippen molar-refractivity contribution in [1.29, 1.82) is 0 Å². The van der Waals surface area contributed by atoms with Crippen LogP contribution in [0.2, 0.25) is 0 Å². The van der Waals surface area contributed by atoms with E-state index >= 15 is 0 Å². The maximum atomic E-state index is 14.0. The molecular formula is C37H44FN3O4. The fraction of sp³-hybridized carbons (Fsp3) is 0.324. The monoisotopic (exact) mass is 613 g/mol. The predicted molar refractivity (Wildman–Crippen MR) is 182 cm³/mol. The highest BCUT2D eigenvalue weighted by Crippen LogP contribution is 2.44.